The van der Waals surface area contributed by atoms with Gasteiger partial charge in [0.1, 0.15) is 17.2 Å². The summed E-state index contributed by atoms with van der Waals surface area (Å²) in [4.78, 5) is 0.0261. The Hall–Kier alpha value is -2.34. The van der Waals surface area contributed by atoms with Gasteiger partial charge in [0.05, 0.1) is 4.90 Å². The molecule has 6 heteroatoms. The normalized spacial score (nSPS) is 14.5. The number of aryl methyl sites for hydroxylation is 2. The van der Waals surface area contributed by atoms with Gasteiger partial charge in [-0.15, -0.1) is 0 Å². The standard InChI is InChI=1S/C18H16FNO3S/c19-12-5-8-14(9-6-12)24(21,22)20-13-7-10-18-16(11-13)15-3-1-2-4-17(15)23-18/h5-11,20H,1-4H2. The summed E-state index contributed by atoms with van der Waals surface area (Å²) in [5.74, 6) is 0.537. The SMILES string of the molecule is O=S(=O)(Nc1ccc2oc3c(c2c1)CCCC3)c1ccc(F)cc1. The highest BCUT2D eigenvalue weighted by Crippen LogP contribution is 2.33. The maximum Gasteiger partial charge on any atom is 0.261 e. The molecule has 0 fully saturated rings. The fraction of sp³-hybridized carbons (Fsp3) is 0.222. The van der Waals surface area contributed by atoms with E-state index in [1.165, 1.54) is 17.7 Å². The quantitative estimate of drug-likeness (QED) is 0.772. The largest absolute Gasteiger partial charge is 0.461 e. The highest BCUT2D eigenvalue weighted by Gasteiger charge is 2.19. The van der Waals surface area contributed by atoms with Gasteiger partial charge < -0.3 is 4.42 Å². The van der Waals surface area contributed by atoms with Crippen molar-refractivity contribution in [3.8, 4) is 0 Å². The Morgan fingerprint density at radius 3 is 2.54 bits per heavy atom. The molecule has 1 heterocycles. The Balaban J connectivity index is 1.70. The van der Waals surface area contributed by atoms with Gasteiger partial charge in [0.2, 0.25) is 0 Å². The molecule has 0 atom stereocenters. The molecule has 0 aliphatic heterocycles. The lowest BCUT2D eigenvalue weighted by Crippen LogP contribution is -2.12. The van der Waals surface area contributed by atoms with Crippen LogP contribution in [-0.4, -0.2) is 8.42 Å². The molecular formula is C18H16FNO3S. The Labute approximate surface area is 139 Å². The first kappa shape index (κ1) is 15.2. The minimum atomic E-state index is -3.75. The van der Waals surface area contributed by atoms with Crippen molar-refractivity contribution in [2.45, 2.75) is 30.6 Å². The van der Waals surface area contributed by atoms with Crippen LogP contribution in [0.15, 0.2) is 51.8 Å². The van der Waals surface area contributed by atoms with Crippen LogP contribution < -0.4 is 4.72 Å². The topological polar surface area (TPSA) is 59.3 Å². The maximum absolute atomic E-state index is 13.0. The van der Waals surface area contributed by atoms with Crippen LogP contribution in [0, 0.1) is 5.82 Å². The number of benzene rings is 2. The molecule has 1 N–H and O–H groups in total. The monoisotopic (exact) mass is 345 g/mol. The van der Waals surface area contributed by atoms with Gasteiger partial charge in [-0.25, -0.2) is 12.8 Å². The Morgan fingerprint density at radius 2 is 1.75 bits per heavy atom. The van der Waals surface area contributed by atoms with E-state index in [-0.39, 0.29) is 4.90 Å². The van der Waals surface area contributed by atoms with E-state index in [1.807, 2.05) is 6.07 Å². The third-order valence-corrected chi connectivity index (χ3v) is 5.73. The highest BCUT2D eigenvalue weighted by molar-refractivity contribution is 7.92. The first-order chi connectivity index (χ1) is 11.5. The summed E-state index contributed by atoms with van der Waals surface area (Å²) in [5, 5.41) is 0.962. The molecule has 4 nitrogen and oxygen atoms in total. The summed E-state index contributed by atoms with van der Waals surface area (Å²) in [6.45, 7) is 0. The molecule has 1 aromatic heterocycles. The highest BCUT2D eigenvalue weighted by atomic mass is 32.2. The third kappa shape index (κ3) is 2.67. The lowest BCUT2D eigenvalue weighted by atomic mass is 9.96. The molecule has 4 rings (SSSR count). The number of nitrogens with one attached hydrogen (secondary N) is 1. The average molecular weight is 345 g/mol. The summed E-state index contributed by atoms with van der Waals surface area (Å²) < 4.78 is 46.2. The number of rotatable bonds is 3. The molecule has 3 aromatic rings. The van der Waals surface area contributed by atoms with Crippen LogP contribution in [0.3, 0.4) is 0 Å². The Bertz CT molecular complexity index is 1010. The molecule has 0 saturated heterocycles. The molecule has 1 aliphatic carbocycles. The van der Waals surface area contributed by atoms with Gasteiger partial charge >= 0.3 is 0 Å². The van der Waals surface area contributed by atoms with Crippen molar-refractivity contribution >= 4 is 26.7 Å². The lowest BCUT2D eigenvalue weighted by Gasteiger charge is -2.10. The van der Waals surface area contributed by atoms with Gasteiger partial charge in [-0.3, -0.25) is 4.72 Å². The summed E-state index contributed by atoms with van der Waals surface area (Å²) in [6.07, 6.45) is 4.13. The Morgan fingerprint density at radius 1 is 1.00 bits per heavy atom. The number of hydrogen-bond donors (Lipinski definition) is 1. The molecule has 0 spiro atoms. The van der Waals surface area contributed by atoms with Crippen molar-refractivity contribution < 1.29 is 17.2 Å². The fourth-order valence-electron chi connectivity index (χ4n) is 3.15. The predicted molar refractivity (Wildman–Crippen MR) is 90.1 cm³/mol. The van der Waals surface area contributed by atoms with Crippen LogP contribution in [0.5, 0.6) is 0 Å². The molecule has 1 aliphatic rings. The zero-order valence-corrected chi connectivity index (χ0v) is 13.7. The second-order valence-electron chi connectivity index (χ2n) is 5.98. The molecule has 0 bridgehead atoms. The van der Waals surface area contributed by atoms with Gasteiger partial charge in [0.25, 0.3) is 10.0 Å². The molecule has 0 radical (unpaired) electrons. The minimum Gasteiger partial charge on any atom is -0.461 e. The first-order valence-corrected chi connectivity index (χ1v) is 9.34. The van der Waals surface area contributed by atoms with E-state index in [9.17, 15) is 12.8 Å². The predicted octanol–water partition coefficient (Wildman–Crippen LogP) is 4.25. The van der Waals surface area contributed by atoms with Gasteiger partial charge in [0.15, 0.2) is 0 Å². The van der Waals surface area contributed by atoms with Crippen molar-refractivity contribution in [1.82, 2.24) is 0 Å². The second-order valence-corrected chi connectivity index (χ2v) is 7.66. The van der Waals surface area contributed by atoms with Crippen molar-refractivity contribution in [1.29, 1.82) is 0 Å². The third-order valence-electron chi connectivity index (χ3n) is 4.33. The second kappa shape index (κ2) is 5.63. The van der Waals surface area contributed by atoms with Crippen molar-refractivity contribution in [2.24, 2.45) is 0 Å². The van der Waals surface area contributed by atoms with Gasteiger partial charge in [0, 0.05) is 23.1 Å². The zero-order valence-electron chi connectivity index (χ0n) is 12.9. The van der Waals surface area contributed by atoms with Gasteiger partial charge in [-0.1, -0.05) is 0 Å². The van der Waals surface area contributed by atoms with Crippen LogP contribution in [0.4, 0.5) is 10.1 Å². The van der Waals surface area contributed by atoms with E-state index in [1.54, 1.807) is 12.1 Å². The number of sulfonamides is 1. The number of hydrogen-bond acceptors (Lipinski definition) is 3. The number of anilines is 1. The molecule has 2 aromatic carbocycles. The molecule has 0 saturated carbocycles. The van der Waals surface area contributed by atoms with E-state index >= 15 is 0 Å². The van der Waals surface area contributed by atoms with Crippen LogP contribution in [0.25, 0.3) is 11.0 Å². The molecular weight excluding hydrogens is 329 g/mol. The van der Waals surface area contributed by atoms with Crippen LogP contribution >= 0.6 is 0 Å². The van der Waals surface area contributed by atoms with Crippen molar-refractivity contribution in [2.75, 3.05) is 4.72 Å². The molecule has 0 unspecified atom stereocenters. The van der Waals surface area contributed by atoms with E-state index in [0.29, 0.717) is 5.69 Å². The molecule has 0 amide bonds. The van der Waals surface area contributed by atoms with E-state index in [0.717, 1.165) is 54.5 Å². The summed E-state index contributed by atoms with van der Waals surface area (Å²) in [5.41, 5.74) is 2.44. The van der Waals surface area contributed by atoms with Crippen LogP contribution in [0.2, 0.25) is 0 Å². The first-order valence-electron chi connectivity index (χ1n) is 7.86. The number of fused-ring (bicyclic) bond motifs is 3. The minimum absolute atomic E-state index is 0.0261. The van der Waals surface area contributed by atoms with Crippen molar-refractivity contribution in [3.05, 3.63) is 59.6 Å². The Kier molecular flexibility index (Phi) is 3.57. The lowest BCUT2D eigenvalue weighted by molar-refractivity contribution is 0.506. The number of halogens is 1. The van der Waals surface area contributed by atoms with Crippen molar-refractivity contribution in [3.63, 3.8) is 0 Å². The summed E-state index contributed by atoms with van der Waals surface area (Å²) >= 11 is 0. The molecule has 124 valence electrons. The van der Waals surface area contributed by atoms with E-state index in [4.69, 9.17) is 4.42 Å². The summed E-state index contributed by atoms with van der Waals surface area (Å²) in [7, 11) is -3.75. The van der Waals surface area contributed by atoms with Gasteiger partial charge in [-0.2, -0.15) is 0 Å². The smallest absolute Gasteiger partial charge is 0.261 e. The van der Waals surface area contributed by atoms with E-state index in [2.05, 4.69) is 4.72 Å². The fourth-order valence-corrected chi connectivity index (χ4v) is 4.20. The summed E-state index contributed by atoms with van der Waals surface area (Å²) in [6, 6.07) is 10.0. The van der Waals surface area contributed by atoms with Crippen LogP contribution in [0.1, 0.15) is 24.2 Å². The van der Waals surface area contributed by atoms with Gasteiger partial charge in [-0.05, 0) is 61.7 Å². The zero-order chi connectivity index (χ0) is 16.7. The van der Waals surface area contributed by atoms with Crippen LogP contribution in [-0.2, 0) is 22.9 Å². The number of furan rings is 1. The maximum atomic E-state index is 13.0. The van der Waals surface area contributed by atoms with E-state index < -0.39 is 15.8 Å². The average Bonchev–Trinajstić information content (AvgIpc) is 2.93. The molecule has 24 heavy (non-hydrogen) atoms.